The van der Waals surface area contributed by atoms with E-state index in [0.29, 0.717) is 6.04 Å². The van der Waals surface area contributed by atoms with Crippen LogP contribution in [0.1, 0.15) is 22.6 Å². The molecule has 0 spiro atoms. The molecule has 0 amide bonds. The van der Waals surface area contributed by atoms with Crippen LogP contribution in [0.25, 0.3) is 0 Å². The molecule has 1 aromatic rings. The smallest absolute Gasteiger partial charge is 0.0623 e. The van der Waals surface area contributed by atoms with E-state index in [-0.39, 0.29) is 7.43 Å². The Morgan fingerprint density at radius 2 is 1.22 bits per heavy atom. The van der Waals surface area contributed by atoms with Gasteiger partial charge in [-0.3, -0.25) is 0 Å². The second-order valence-electron chi connectivity index (χ2n) is 1.08. The van der Waals surface area contributed by atoms with Crippen LogP contribution in [-0.2, 0) is 0 Å². The Kier molecular flexibility index (Phi) is 9.36. The minimum atomic E-state index is 0. The lowest BCUT2D eigenvalue weighted by molar-refractivity contribution is 1.50. The summed E-state index contributed by atoms with van der Waals surface area (Å²) in [5.74, 6) is 0. The molecule has 0 aliphatic carbocycles. The molecule has 0 bridgehead atoms. The summed E-state index contributed by atoms with van der Waals surface area (Å²) < 4.78 is 7.00. The van der Waals surface area contributed by atoms with Crippen LogP contribution in [0.3, 0.4) is 0 Å². The van der Waals surface area contributed by atoms with Gasteiger partial charge in [-0.1, -0.05) is 57.6 Å². The SMILES string of the molecule is C.CC.[2H]c1ccccc1. The highest BCUT2D eigenvalue weighted by molar-refractivity contribution is 4.99. The third-order valence-corrected chi connectivity index (χ3v) is 0.607. The van der Waals surface area contributed by atoms with Gasteiger partial charge < -0.3 is 0 Å². The van der Waals surface area contributed by atoms with E-state index in [9.17, 15) is 0 Å². The van der Waals surface area contributed by atoms with Crippen LogP contribution in [0.4, 0.5) is 0 Å². The van der Waals surface area contributed by atoms with Gasteiger partial charge >= 0.3 is 0 Å². The highest BCUT2D eigenvalue weighted by atomic mass is 13.6. The lowest BCUT2D eigenvalue weighted by Gasteiger charge is -1.69. The molecular weight excluding hydrogens is 108 g/mol. The number of rotatable bonds is 0. The van der Waals surface area contributed by atoms with Gasteiger partial charge in [-0.15, -0.1) is 0 Å². The Hall–Kier alpha value is -0.780. The first-order valence-corrected chi connectivity index (χ1v) is 2.91. The van der Waals surface area contributed by atoms with Gasteiger partial charge in [0.2, 0.25) is 0 Å². The summed E-state index contributed by atoms with van der Waals surface area (Å²) in [6.45, 7) is 4.00. The van der Waals surface area contributed by atoms with Crippen LogP contribution in [0.5, 0.6) is 0 Å². The fraction of sp³-hybridized carbons (Fsp3) is 0.333. The van der Waals surface area contributed by atoms with Gasteiger partial charge in [0.1, 0.15) is 0 Å². The van der Waals surface area contributed by atoms with Gasteiger partial charge in [-0.05, 0) is 0 Å². The monoisotopic (exact) mass is 125 g/mol. The topological polar surface area (TPSA) is 0 Å². The van der Waals surface area contributed by atoms with Gasteiger partial charge in [0.05, 0.1) is 1.37 Å². The molecule has 0 saturated heterocycles. The van der Waals surface area contributed by atoms with Crippen molar-refractivity contribution >= 4 is 0 Å². The molecule has 0 unspecified atom stereocenters. The minimum Gasteiger partial charge on any atom is -0.0776 e. The van der Waals surface area contributed by atoms with E-state index < -0.39 is 0 Å². The lowest BCUT2D eigenvalue weighted by atomic mass is 10.4. The summed E-state index contributed by atoms with van der Waals surface area (Å²) in [4.78, 5) is 0. The Morgan fingerprint density at radius 1 is 0.889 bits per heavy atom. The maximum Gasteiger partial charge on any atom is 0.0623 e. The van der Waals surface area contributed by atoms with Crippen LogP contribution < -0.4 is 0 Å². The van der Waals surface area contributed by atoms with Crippen LogP contribution in [0, 0.1) is 0 Å². The molecule has 0 N–H and O–H groups in total. The summed E-state index contributed by atoms with van der Waals surface area (Å²) in [5.41, 5.74) is 0. The van der Waals surface area contributed by atoms with Crippen molar-refractivity contribution in [1.82, 2.24) is 0 Å². The summed E-state index contributed by atoms with van der Waals surface area (Å²) in [5, 5.41) is 0. The third kappa shape index (κ3) is 7.22. The van der Waals surface area contributed by atoms with E-state index in [1.165, 1.54) is 0 Å². The Balaban J connectivity index is 0. The van der Waals surface area contributed by atoms with Crippen LogP contribution in [0.2, 0.25) is 0 Å². The molecule has 0 radical (unpaired) electrons. The van der Waals surface area contributed by atoms with Crippen molar-refractivity contribution < 1.29 is 1.37 Å². The molecule has 0 atom stereocenters. The molecule has 0 aliphatic heterocycles. The zero-order valence-electron chi connectivity index (χ0n) is 6.39. The molecule has 0 aromatic heterocycles. The van der Waals surface area contributed by atoms with Crippen LogP contribution in [-0.4, -0.2) is 0 Å². The van der Waals surface area contributed by atoms with Crippen molar-refractivity contribution in [3.05, 3.63) is 36.4 Å². The largest absolute Gasteiger partial charge is 0.0776 e. The zero-order chi connectivity index (χ0) is 7.11. The second kappa shape index (κ2) is 10.3. The Bertz CT molecular complexity index is 135. The average Bonchev–Trinajstić information content (AvgIpc) is 1.94. The second-order valence-corrected chi connectivity index (χ2v) is 1.08. The zero-order valence-corrected chi connectivity index (χ0v) is 5.39. The van der Waals surface area contributed by atoms with Crippen LogP contribution >= 0.6 is 0 Å². The van der Waals surface area contributed by atoms with Gasteiger partial charge in [-0.2, -0.15) is 0 Å². The van der Waals surface area contributed by atoms with Gasteiger partial charge in [-0.25, -0.2) is 0 Å². The highest BCUT2D eigenvalue weighted by Gasteiger charge is 1.57. The minimum absolute atomic E-state index is 0. The van der Waals surface area contributed by atoms with E-state index in [4.69, 9.17) is 1.37 Å². The summed E-state index contributed by atoms with van der Waals surface area (Å²) in [6.07, 6.45) is 0. The molecule has 0 heterocycles. The maximum atomic E-state index is 7.00. The first-order valence-electron chi connectivity index (χ1n) is 3.41. The van der Waals surface area contributed by atoms with Crippen molar-refractivity contribution in [1.29, 1.82) is 0 Å². The fourth-order valence-corrected chi connectivity index (χ4v) is 0.342. The Morgan fingerprint density at radius 3 is 1.44 bits per heavy atom. The standard InChI is InChI=1S/C6H6.C2H6.CH4/c1-2-4-6-5-3-1;1-2;/h1-6H;1-2H3;1H4/i1D;;. The lowest BCUT2D eigenvalue weighted by Crippen LogP contribution is -1.47. The van der Waals surface area contributed by atoms with E-state index in [1.54, 1.807) is 12.1 Å². The first-order chi connectivity index (χ1) is 4.39. The molecule has 1 aromatic carbocycles. The molecule has 52 valence electrons. The van der Waals surface area contributed by atoms with E-state index >= 15 is 0 Å². The quantitative estimate of drug-likeness (QED) is 0.499. The molecule has 0 saturated carbocycles. The van der Waals surface area contributed by atoms with Crippen LogP contribution in [0.15, 0.2) is 36.4 Å². The summed E-state index contributed by atoms with van der Waals surface area (Å²) in [7, 11) is 0. The summed E-state index contributed by atoms with van der Waals surface area (Å²) in [6, 6.07) is 9.67. The van der Waals surface area contributed by atoms with Gasteiger partial charge in [0.25, 0.3) is 0 Å². The molecule has 0 nitrogen and oxygen atoms in total. The normalized spacial score (nSPS) is 7.56. The van der Waals surface area contributed by atoms with Crippen molar-refractivity contribution in [2.75, 3.05) is 0 Å². The highest BCUT2D eigenvalue weighted by Crippen LogP contribution is 1.79. The van der Waals surface area contributed by atoms with E-state index in [0.717, 1.165) is 0 Å². The third-order valence-electron chi connectivity index (χ3n) is 0.607. The molecule has 0 aliphatic rings. The number of hydrogen-bond donors (Lipinski definition) is 0. The molecule has 0 fully saturated rings. The summed E-state index contributed by atoms with van der Waals surface area (Å²) >= 11 is 0. The number of hydrogen-bond acceptors (Lipinski definition) is 0. The van der Waals surface area contributed by atoms with E-state index in [2.05, 4.69) is 0 Å². The average molecular weight is 125 g/mol. The molecule has 9 heavy (non-hydrogen) atoms. The van der Waals surface area contributed by atoms with Crippen molar-refractivity contribution in [2.24, 2.45) is 0 Å². The van der Waals surface area contributed by atoms with Gasteiger partial charge in [0.15, 0.2) is 0 Å². The van der Waals surface area contributed by atoms with Crippen molar-refractivity contribution in [3.63, 3.8) is 0 Å². The first kappa shape index (κ1) is 8.22. The molecule has 1 rings (SSSR count). The van der Waals surface area contributed by atoms with Crippen molar-refractivity contribution in [3.8, 4) is 0 Å². The van der Waals surface area contributed by atoms with E-state index in [1.807, 2.05) is 32.0 Å². The number of benzene rings is 1. The fourth-order valence-electron chi connectivity index (χ4n) is 0.342. The molecule has 0 heteroatoms. The van der Waals surface area contributed by atoms with Gasteiger partial charge in [0, 0.05) is 0 Å². The van der Waals surface area contributed by atoms with Crippen molar-refractivity contribution in [2.45, 2.75) is 21.3 Å². The predicted octanol–water partition coefficient (Wildman–Crippen LogP) is 3.35. The maximum absolute atomic E-state index is 7.00. The Labute approximate surface area is 59.9 Å². The predicted molar refractivity (Wildman–Crippen MR) is 44.5 cm³/mol. The molecular formula is C9H16.